The van der Waals surface area contributed by atoms with Crippen molar-refractivity contribution in [1.29, 1.82) is 0 Å². The average Bonchev–Trinajstić information content (AvgIpc) is 3.74. The molecule has 0 fully saturated rings. The molecule has 1 unspecified atom stereocenters. The normalized spacial score (nSPS) is 13.4. The zero-order valence-corrected chi connectivity index (χ0v) is 33.5. The van der Waals surface area contributed by atoms with E-state index in [9.17, 15) is 0 Å². The number of benzene rings is 4. The number of unbranched alkanes of at least 4 members (excludes halogenated alkanes) is 7. The van der Waals surface area contributed by atoms with Crippen molar-refractivity contribution in [3.05, 3.63) is 89.5 Å². The minimum absolute atomic E-state index is 0.0197. The van der Waals surface area contributed by atoms with Crippen LogP contribution in [0.3, 0.4) is 0 Å². The van der Waals surface area contributed by atoms with E-state index in [0.29, 0.717) is 53.4 Å². The van der Waals surface area contributed by atoms with E-state index in [4.69, 9.17) is 37.7 Å². The Labute approximate surface area is 330 Å². The highest BCUT2D eigenvalue weighted by molar-refractivity contribution is 5.72. The van der Waals surface area contributed by atoms with Gasteiger partial charge in [-0.05, 0) is 79.4 Å². The number of rotatable bonds is 21. The van der Waals surface area contributed by atoms with Crippen LogP contribution in [0.2, 0.25) is 0 Å². The van der Waals surface area contributed by atoms with Gasteiger partial charge in [-0.25, -0.2) is 0 Å². The predicted octanol–water partition coefficient (Wildman–Crippen LogP) is 10.2. The largest absolute Gasteiger partial charge is 0.493 e. The molecule has 56 heavy (non-hydrogen) atoms. The minimum Gasteiger partial charge on any atom is -0.493 e. The summed E-state index contributed by atoms with van der Waals surface area (Å²) in [6.07, 6.45) is 9.06. The van der Waals surface area contributed by atoms with Gasteiger partial charge in [0.25, 0.3) is 0 Å². The van der Waals surface area contributed by atoms with E-state index in [2.05, 4.69) is 53.0 Å². The number of anilines is 1. The van der Waals surface area contributed by atoms with Gasteiger partial charge in [0.05, 0.1) is 48.8 Å². The van der Waals surface area contributed by atoms with Gasteiger partial charge in [-0.3, -0.25) is 5.32 Å². The van der Waals surface area contributed by atoms with Crippen LogP contribution in [0.15, 0.2) is 77.3 Å². The maximum Gasteiger partial charge on any atom is 0.203 e. The molecule has 0 amide bonds. The summed E-state index contributed by atoms with van der Waals surface area (Å²) in [6.45, 7) is 4.23. The van der Waals surface area contributed by atoms with Gasteiger partial charge in [0.15, 0.2) is 40.3 Å². The number of hydrogen-bond acceptors (Lipinski definition) is 11. The van der Waals surface area contributed by atoms with E-state index < -0.39 is 0 Å². The van der Waals surface area contributed by atoms with Gasteiger partial charge in [-0.2, -0.15) is 0 Å². The van der Waals surface area contributed by atoms with Gasteiger partial charge >= 0.3 is 0 Å². The van der Waals surface area contributed by atoms with E-state index in [1.807, 2.05) is 42.5 Å². The summed E-state index contributed by atoms with van der Waals surface area (Å²) in [5.41, 5.74) is 7.13. The maximum atomic E-state index is 6.19. The van der Waals surface area contributed by atoms with Gasteiger partial charge in [0.2, 0.25) is 5.75 Å². The van der Waals surface area contributed by atoms with E-state index in [-0.39, 0.29) is 6.17 Å². The Hall–Kier alpha value is -5.55. The highest BCUT2D eigenvalue weighted by Gasteiger charge is 2.21. The molecular formula is C45H55N3O8. The summed E-state index contributed by atoms with van der Waals surface area (Å²) < 4.78 is 45.8. The first kappa shape index (κ1) is 40.1. The Morgan fingerprint density at radius 3 is 1.88 bits per heavy atom. The summed E-state index contributed by atoms with van der Waals surface area (Å²) in [6, 6.07) is 24.0. The summed E-state index contributed by atoms with van der Waals surface area (Å²) in [7, 11) is 8.08. The fourth-order valence-corrected chi connectivity index (χ4v) is 6.96. The molecule has 0 saturated heterocycles. The first-order chi connectivity index (χ1) is 27.4. The first-order valence-electron chi connectivity index (χ1n) is 19.4. The molecule has 2 N–H and O–H groups in total. The molecule has 298 valence electrons. The summed E-state index contributed by atoms with van der Waals surface area (Å²) in [4.78, 5) is 0. The molecule has 11 nitrogen and oxygen atoms in total. The molecule has 5 aromatic rings. The van der Waals surface area contributed by atoms with Crippen molar-refractivity contribution in [3.8, 4) is 62.8 Å². The first-order valence-corrected chi connectivity index (χ1v) is 19.4. The lowest BCUT2D eigenvalue weighted by Crippen LogP contribution is -2.32. The third-order valence-corrected chi connectivity index (χ3v) is 10.1. The number of nitrogens with one attached hydrogen (secondary N) is 2. The monoisotopic (exact) mass is 765 g/mol. The topological polar surface area (TPSA) is 115 Å². The Bertz CT molecular complexity index is 2000. The molecule has 2 heterocycles. The Kier molecular flexibility index (Phi) is 14.2. The van der Waals surface area contributed by atoms with Crippen LogP contribution in [0.5, 0.6) is 40.2 Å². The molecule has 1 atom stereocenters. The van der Waals surface area contributed by atoms with Crippen molar-refractivity contribution in [3.63, 3.8) is 0 Å². The van der Waals surface area contributed by atoms with Crippen LogP contribution in [-0.4, -0.2) is 53.9 Å². The summed E-state index contributed by atoms with van der Waals surface area (Å²) >= 11 is 0. The van der Waals surface area contributed by atoms with Gasteiger partial charge in [-0.1, -0.05) is 67.4 Å². The van der Waals surface area contributed by atoms with E-state index in [0.717, 1.165) is 60.4 Å². The molecule has 0 spiro atoms. The Balaban J connectivity index is 0.874. The fraction of sp³-hybridized carbons (Fsp3) is 0.400. The van der Waals surface area contributed by atoms with Crippen LogP contribution in [0.4, 0.5) is 5.69 Å². The molecule has 6 rings (SSSR count). The summed E-state index contributed by atoms with van der Waals surface area (Å²) in [5.74, 6) is 5.06. The number of fused-ring (bicyclic) bond motifs is 1. The van der Waals surface area contributed by atoms with Crippen LogP contribution in [0.1, 0.15) is 74.2 Å². The number of nitrogens with zero attached hydrogens (tertiary/aromatic N) is 1. The third kappa shape index (κ3) is 10.00. The van der Waals surface area contributed by atoms with Crippen molar-refractivity contribution in [2.45, 2.75) is 71.0 Å². The number of methoxy groups -OCH3 is 5. The lowest BCUT2D eigenvalue weighted by Gasteiger charge is -2.29. The van der Waals surface area contributed by atoms with E-state index in [1.54, 1.807) is 35.5 Å². The van der Waals surface area contributed by atoms with Crippen LogP contribution in [0, 0.1) is 6.92 Å². The van der Waals surface area contributed by atoms with Crippen LogP contribution < -0.4 is 43.8 Å². The van der Waals surface area contributed by atoms with Gasteiger partial charge in [-0.15, -0.1) is 0 Å². The predicted molar refractivity (Wildman–Crippen MR) is 219 cm³/mol. The standard InChI is InChI=1S/C45H55N3O8/c1-30-15-18-35-34(23-30)29-46-45(47-35)32-17-20-38(40(25-32)50-3)54-21-13-11-9-7-8-10-12-14-22-55-41-24-31(16-19-37(41)49-2)36-28-39(56-48-36)33-26-42(51-4)44(53-6)43(27-33)52-5/h15-20,23-28,45-47H,7-14,21-22,29H2,1-6H3. The zero-order valence-electron chi connectivity index (χ0n) is 33.5. The fourth-order valence-electron chi connectivity index (χ4n) is 6.96. The average molecular weight is 766 g/mol. The van der Waals surface area contributed by atoms with Crippen molar-refractivity contribution >= 4 is 5.69 Å². The van der Waals surface area contributed by atoms with Crippen LogP contribution >= 0.6 is 0 Å². The molecule has 11 heteroatoms. The van der Waals surface area contributed by atoms with Crippen LogP contribution in [-0.2, 0) is 6.54 Å². The van der Waals surface area contributed by atoms with Crippen molar-refractivity contribution in [2.75, 3.05) is 54.1 Å². The number of hydrogen-bond donors (Lipinski definition) is 2. The van der Waals surface area contributed by atoms with Gasteiger partial charge < -0.3 is 43.0 Å². The molecule has 1 aliphatic rings. The Morgan fingerprint density at radius 2 is 1.21 bits per heavy atom. The van der Waals surface area contributed by atoms with E-state index >= 15 is 0 Å². The molecule has 0 radical (unpaired) electrons. The lowest BCUT2D eigenvalue weighted by molar-refractivity contribution is 0.282. The second kappa shape index (κ2) is 19.9. The van der Waals surface area contributed by atoms with Gasteiger partial charge in [0, 0.05) is 29.4 Å². The molecular weight excluding hydrogens is 711 g/mol. The Morgan fingerprint density at radius 1 is 0.589 bits per heavy atom. The SMILES string of the molecule is COc1cc(C2NCc3cc(C)ccc3N2)ccc1OCCCCCCCCCCOc1cc(-c2cc(-c3cc(OC)c(OC)c(OC)c3)on2)ccc1OC. The van der Waals surface area contributed by atoms with E-state index in [1.165, 1.54) is 42.5 Å². The highest BCUT2D eigenvalue weighted by atomic mass is 16.5. The molecule has 1 aliphatic heterocycles. The molecule has 1 aromatic heterocycles. The van der Waals surface area contributed by atoms with Crippen molar-refractivity contribution < 1.29 is 37.7 Å². The number of aromatic nitrogens is 1. The molecule has 0 bridgehead atoms. The smallest absolute Gasteiger partial charge is 0.203 e. The second-order valence-corrected chi connectivity index (χ2v) is 13.9. The highest BCUT2D eigenvalue weighted by Crippen LogP contribution is 2.42. The van der Waals surface area contributed by atoms with Gasteiger partial charge in [0.1, 0.15) is 11.9 Å². The lowest BCUT2D eigenvalue weighted by atomic mass is 10.0. The van der Waals surface area contributed by atoms with Crippen molar-refractivity contribution in [2.24, 2.45) is 0 Å². The third-order valence-electron chi connectivity index (χ3n) is 10.1. The molecule has 0 saturated carbocycles. The second-order valence-electron chi connectivity index (χ2n) is 13.9. The van der Waals surface area contributed by atoms with Crippen molar-refractivity contribution in [1.82, 2.24) is 10.5 Å². The zero-order chi connectivity index (χ0) is 39.3. The number of ether oxygens (including phenoxy) is 7. The molecule has 4 aromatic carbocycles. The van der Waals surface area contributed by atoms with Crippen LogP contribution in [0.25, 0.3) is 22.6 Å². The maximum absolute atomic E-state index is 6.19. The minimum atomic E-state index is 0.0197. The number of aryl methyl sites for hydroxylation is 1. The molecule has 0 aliphatic carbocycles. The quantitative estimate of drug-likeness (QED) is 0.0696. The summed E-state index contributed by atoms with van der Waals surface area (Å²) in [5, 5.41) is 11.5.